The summed E-state index contributed by atoms with van der Waals surface area (Å²) >= 11 is 0. The summed E-state index contributed by atoms with van der Waals surface area (Å²) in [7, 11) is 0. The van der Waals surface area contributed by atoms with Crippen LogP contribution < -0.4 is 0 Å². The number of benzene rings is 1. The first-order valence-corrected chi connectivity index (χ1v) is 5.50. The van der Waals surface area contributed by atoms with Gasteiger partial charge in [0.15, 0.2) is 0 Å². The van der Waals surface area contributed by atoms with Gasteiger partial charge in [-0.05, 0) is 31.0 Å². The molecule has 1 aromatic heterocycles. The summed E-state index contributed by atoms with van der Waals surface area (Å²) in [4.78, 5) is 14.9. The summed E-state index contributed by atoms with van der Waals surface area (Å²) in [6.07, 6.45) is 2.85. The van der Waals surface area contributed by atoms with Gasteiger partial charge in [0.1, 0.15) is 5.82 Å². The van der Waals surface area contributed by atoms with Gasteiger partial charge in [0.25, 0.3) is 0 Å². The number of carboxylic acids is 1. The quantitative estimate of drug-likeness (QED) is 0.866. The normalized spacial score (nSPS) is 23.6. The van der Waals surface area contributed by atoms with Crippen molar-refractivity contribution in [1.82, 2.24) is 9.55 Å². The van der Waals surface area contributed by atoms with Gasteiger partial charge in [-0.15, -0.1) is 0 Å². The third-order valence-corrected chi connectivity index (χ3v) is 3.39. The Kier molecular flexibility index (Phi) is 2.14. The van der Waals surface area contributed by atoms with Gasteiger partial charge in [0, 0.05) is 6.04 Å². The highest BCUT2D eigenvalue weighted by Gasteiger charge is 2.36. The van der Waals surface area contributed by atoms with E-state index in [2.05, 4.69) is 4.98 Å². The molecule has 1 aliphatic rings. The van der Waals surface area contributed by atoms with E-state index < -0.39 is 5.97 Å². The second kappa shape index (κ2) is 3.55. The van der Waals surface area contributed by atoms with Gasteiger partial charge in [-0.1, -0.05) is 0 Å². The maximum Gasteiger partial charge on any atom is 0.306 e. The van der Waals surface area contributed by atoms with Gasteiger partial charge < -0.3 is 9.67 Å². The molecule has 0 atom stereocenters. The number of imidazole rings is 1. The number of hydrogen-bond donors (Lipinski definition) is 1. The fraction of sp³-hybridized carbons (Fsp3) is 0.333. The second-order valence-corrected chi connectivity index (χ2v) is 4.45. The SMILES string of the molecule is O=C(O)C1CC(n2cnc3ccc(F)cc32)C1. The Balaban J connectivity index is 1.92. The molecule has 1 aromatic carbocycles. The molecule has 5 heteroatoms. The van der Waals surface area contributed by atoms with Crippen LogP contribution in [-0.4, -0.2) is 20.6 Å². The number of carbonyl (C=O) groups is 1. The maximum atomic E-state index is 13.1. The van der Waals surface area contributed by atoms with Crippen LogP contribution in [0.2, 0.25) is 0 Å². The minimum atomic E-state index is -0.753. The fourth-order valence-electron chi connectivity index (χ4n) is 2.31. The molecule has 88 valence electrons. The van der Waals surface area contributed by atoms with Crippen molar-refractivity contribution in [3.05, 3.63) is 30.3 Å². The Labute approximate surface area is 96.7 Å². The van der Waals surface area contributed by atoms with Crippen molar-refractivity contribution in [2.75, 3.05) is 0 Å². The molecule has 0 unspecified atom stereocenters. The van der Waals surface area contributed by atoms with E-state index in [4.69, 9.17) is 5.11 Å². The molecule has 0 radical (unpaired) electrons. The Bertz CT molecular complexity index is 587. The van der Waals surface area contributed by atoms with Crippen LogP contribution in [0.4, 0.5) is 4.39 Å². The zero-order chi connectivity index (χ0) is 12.0. The van der Waals surface area contributed by atoms with Crippen molar-refractivity contribution >= 4 is 17.0 Å². The average Bonchev–Trinajstić information content (AvgIpc) is 2.59. The maximum absolute atomic E-state index is 13.1. The highest BCUT2D eigenvalue weighted by Crippen LogP contribution is 2.39. The summed E-state index contributed by atoms with van der Waals surface area (Å²) in [5.41, 5.74) is 1.48. The zero-order valence-corrected chi connectivity index (χ0v) is 9.01. The summed E-state index contributed by atoms with van der Waals surface area (Å²) in [6.45, 7) is 0. The van der Waals surface area contributed by atoms with Crippen LogP contribution >= 0.6 is 0 Å². The average molecular weight is 234 g/mol. The second-order valence-electron chi connectivity index (χ2n) is 4.45. The molecular formula is C12H11FN2O2. The largest absolute Gasteiger partial charge is 0.481 e. The van der Waals surface area contributed by atoms with E-state index in [0.29, 0.717) is 12.8 Å². The third-order valence-electron chi connectivity index (χ3n) is 3.39. The number of aliphatic carboxylic acids is 1. The van der Waals surface area contributed by atoms with Crippen LogP contribution in [0.3, 0.4) is 0 Å². The number of aromatic nitrogens is 2. The van der Waals surface area contributed by atoms with Crippen molar-refractivity contribution in [2.45, 2.75) is 18.9 Å². The lowest BCUT2D eigenvalue weighted by Crippen LogP contribution is -2.31. The van der Waals surface area contributed by atoms with Crippen molar-refractivity contribution in [3.63, 3.8) is 0 Å². The molecular weight excluding hydrogens is 223 g/mol. The molecule has 0 spiro atoms. The predicted molar refractivity (Wildman–Crippen MR) is 59.1 cm³/mol. The van der Waals surface area contributed by atoms with E-state index in [0.717, 1.165) is 11.0 Å². The lowest BCUT2D eigenvalue weighted by atomic mass is 9.80. The standard InChI is InChI=1S/C12H11FN2O2/c13-8-1-2-10-11(5-8)15(6-14-10)9-3-7(4-9)12(16)17/h1-2,5-7,9H,3-4H2,(H,16,17). The van der Waals surface area contributed by atoms with Crippen molar-refractivity contribution in [2.24, 2.45) is 5.92 Å². The van der Waals surface area contributed by atoms with E-state index in [9.17, 15) is 9.18 Å². The number of rotatable bonds is 2. The first-order chi connectivity index (χ1) is 8.15. The molecule has 1 aliphatic carbocycles. The molecule has 4 nitrogen and oxygen atoms in total. The van der Waals surface area contributed by atoms with Gasteiger partial charge in [0.05, 0.1) is 23.3 Å². The number of nitrogens with zero attached hydrogens (tertiary/aromatic N) is 2. The van der Waals surface area contributed by atoms with Crippen LogP contribution in [0, 0.1) is 11.7 Å². The Morgan fingerprint density at radius 3 is 2.94 bits per heavy atom. The van der Waals surface area contributed by atoms with Gasteiger partial charge in [0.2, 0.25) is 0 Å². The predicted octanol–water partition coefficient (Wildman–Crippen LogP) is 2.21. The Hall–Kier alpha value is -1.91. The molecule has 0 amide bonds. The van der Waals surface area contributed by atoms with E-state index >= 15 is 0 Å². The van der Waals surface area contributed by atoms with Crippen LogP contribution in [0.5, 0.6) is 0 Å². The van der Waals surface area contributed by atoms with Crippen LogP contribution in [-0.2, 0) is 4.79 Å². The van der Waals surface area contributed by atoms with Crippen LogP contribution in [0.25, 0.3) is 11.0 Å². The van der Waals surface area contributed by atoms with Crippen LogP contribution in [0.15, 0.2) is 24.5 Å². The van der Waals surface area contributed by atoms with E-state index in [-0.39, 0.29) is 17.8 Å². The van der Waals surface area contributed by atoms with Crippen molar-refractivity contribution < 1.29 is 14.3 Å². The molecule has 0 aliphatic heterocycles. The van der Waals surface area contributed by atoms with E-state index in [1.165, 1.54) is 12.1 Å². The topological polar surface area (TPSA) is 55.1 Å². The smallest absolute Gasteiger partial charge is 0.306 e. The highest BCUT2D eigenvalue weighted by molar-refractivity contribution is 5.76. The number of fused-ring (bicyclic) bond motifs is 1. The molecule has 2 aromatic rings. The minimum absolute atomic E-state index is 0.128. The summed E-state index contributed by atoms with van der Waals surface area (Å²) in [5, 5.41) is 8.82. The number of hydrogen-bond acceptors (Lipinski definition) is 2. The summed E-state index contributed by atoms with van der Waals surface area (Å²) in [5.74, 6) is -1.32. The third kappa shape index (κ3) is 1.58. The van der Waals surface area contributed by atoms with E-state index in [1.54, 1.807) is 12.4 Å². The Morgan fingerprint density at radius 2 is 2.24 bits per heavy atom. The van der Waals surface area contributed by atoms with Gasteiger partial charge in [-0.25, -0.2) is 9.37 Å². The molecule has 1 fully saturated rings. The van der Waals surface area contributed by atoms with Crippen molar-refractivity contribution in [1.29, 1.82) is 0 Å². The lowest BCUT2D eigenvalue weighted by Gasteiger charge is -2.33. The first-order valence-electron chi connectivity index (χ1n) is 5.50. The number of halogens is 1. The zero-order valence-electron chi connectivity index (χ0n) is 9.01. The monoisotopic (exact) mass is 234 g/mol. The Morgan fingerprint density at radius 1 is 1.47 bits per heavy atom. The molecule has 1 heterocycles. The molecule has 3 rings (SSSR count). The highest BCUT2D eigenvalue weighted by atomic mass is 19.1. The van der Waals surface area contributed by atoms with Gasteiger partial charge in [-0.3, -0.25) is 4.79 Å². The molecule has 0 bridgehead atoms. The minimum Gasteiger partial charge on any atom is -0.481 e. The summed E-state index contributed by atoms with van der Waals surface area (Å²) < 4.78 is 15.0. The fourth-order valence-corrected chi connectivity index (χ4v) is 2.31. The molecule has 1 saturated carbocycles. The lowest BCUT2D eigenvalue weighted by molar-refractivity contribution is -0.145. The first kappa shape index (κ1) is 10.3. The summed E-state index contributed by atoms with van der Waals surface area (Å²) in [6, 6.07) is 4.58. The molecule has 17 heavy (non-hydrogen) atoms. The van der Waals surface area contributed by atoms with Crippen LogP contribution in [0.1, 0.15) is 18.9 Å². The van der Waals surface area contributed by atoms with Gasteiger partial charge >= 0.3 is 5.97 Å². The number of carboxylic acid groups (broad SMARTS) is 1. The van der Waals surface area contributed by atoms with Gasteiger partial charge in [-0.2, -0.15) is 0 Å². The van der Waals surface area contributed by atoms with Crippen molar-refractivity contribution in [3.8, 4) is 0 Å². The van der Waals surface area contributed by atoms with E-state index in [1.807, 2.05) is 4.57 Å². The molecule has 0 saturated heterocycles. The molecule has 1 N–H and O–H groups in total.